The largest absolute Gasteiger partial charge is 0.484 e. The van der Waals surface area contributed by atoms with E-state index < -0.39 is 5.82 Å². The van der Waals surface area contributed by atoms with Gasteiger partial charge < -0.3 is 10.2 Å². The van der Waals surface area contributed by atoms with Crippen LogP contribution >= 0.6 is 23.2 Å². The molecule has 3 N–H and O–H groups in total. The number of hydrazine groups is 1. The SMILES string of the molecule is NNc1ccc(Cl)c(COc2cccc(Cl)c2F)n1. The molecule has 0 saturated heterocycles. The van der Waals surface area contributed by atoms with Crippen LogP contribution in [0, 0.1) is 5.82 Å². The summed E-state index contributed by atoms with van der Waals surface area (Å²) in [7, 11) is 0. The molecule has 1 heterocycles. The summed E-state index contributed by atoms with van der Waals surface area (Å²) in [4.78, 5) is 4.11. The maximum Gasteiger partial charge on any atom is 0.183 e. The van der Waals surface area contributed by atoms with Crippen molar-refractivity contribution >= 4 is 29.0 Å². The Labute approximate surface area is 119 Å². The second-order valence-corrected chi connectivity index (χ2v) is 4.42. The summed E-state index contributed by atoms with van der Waals surface area (Å²) in [6.07, 6.45) is 0. The minimum atomic E-state index is -0.617. The van der Waals surface area contributed by atoms with Crippen LogP contribution in [0.25, 0.3) is 0 Å². The van der Waals surface area contributed by atoms with E-state index >= 15 is 0 Å². The predicted octanol–water partition coefficient (Wildman–Crippen LogP) is 3.39. The quantitative estimate of drug-likeness (QED) is 0.671. The van der Waals surface area contributed by atoms with Crippen LogP contribution in [0.2, 0.25) is 10.0 Å². The highest BCUT2D eigenvalue weighted by Gasteiger charge is 2.10. The second kappa shape index (κ2) is 6.06. The van der Waals surface area contributed by atoms with Gasteiger partial charge in [0.05, 0.1) is 15.7 Å². The summed E-state index contributed by atoms with van der Waals surface area (Å²) in [5, 5.41) is 0.398. The molecule has 2 rings (SSSR count). The van der Waals surface area contributed by atoms with Gasteiger partial charge in [-0.1, -0.05) is 29.3 Å². The first kappa shape index (κ1) is 13.9. The van der Waals surface area contributed by atoms with Gasteiger partial charge in [-0.15, -0.1) is 0 Å². The fraction of sp³-hybridized carbons (Fsp3) is 0.0833. The number of halogens is 3. The Balaban J connectivity index is 2.16. The van der Waals surface area contributed by atoms with Crippen LogP contribution in [0.3, 0.4) is 0 Å². The van der Waals surface area contributed by atoms with Crippen molar-refractivity contribution in [2.24, 2.45) is 5.84 Å². The van der Waals surface area contributed by atoms with Crippen molar-refractivity contribution in [1.82, 2.24) is 4.98 Å². The second-order valence-electron chi connectivity index (χ2n) is 3.61. The fourth-order valence-electron chi connectivity index (χ4n) is 1.41. The van der Waals surface area contributed by atoms with Gasteiger partial charge in [0.2, 0.25) is 0 Å². The third-order valence-corrected chi connectivity index (χ3v) is 2.98. The molecule has 100 valence electrons. The van der Waals surface area contributed by atoms with Gasteiger partial charge in [-0.25, -0.2) is 15.2 Å². The molecule has 0 unspecified atom stereocenters. The smallest absolute Gasteiger partial charge is 0.183 e. The Bertz CT molecular complexity index is 595. The van der Waals surface area contributed by atoms with Gasteiger partial charge in [-0.05, 0) is 24.3 Å². The third-order valence-electron chi connectivity index (χ3n) is 2.35. The van der Waals surface area contributed by atoms with Crippen molar-refractivity contribution in [1.29, 1.82) is 0 Å². The Hall–Kier alpha value is -1.56. The fourth-order valence-corrected chi connectivity index (χ4v) is 1.73. The zero-order chi connectivity index (χ0) is 13.8. The molecule has 1 aromatic heterocycles. The number of nitrogens with zero attached hydrogens (tertiary/aromatic N) is 1. The summed E-state index contributed by atoms with van der Waals surface area (Å²) in [5.41, 5.74) is 2.83. The number of aromatic nitrogens is 1. The van der Waals surface area contributed by atoms with E-state index in [0.717, 1.165) is 0 Å². The van der Waals surface area contributed by atoms with Gasteiger partial charge in [0.15, 0.2) is 11.6 Å². The molecule has 0 fully saturated rings. The number of hydrogen-bond acceptors (Lipinski definition) is 4. The van der Waals surface area contributed by atoms with Crippen LogP contribution in [0.5, 0.6) is 5.75 Å². The van der Waals surface area contributed by atoms with Crippen molar-refractivity contribution in [2.75, 3.05) is 5.43 Å². The van der Waals surface area contributed by atoms with E-state index in [0.29, 0.717) is 16.5 Å². The van der Waals surface area contributed by atoms with E-state index in [2.05, 4.69) is 10.4 Å². The molecular formula is C12H10Cl2FN3O. The standard InChI is InChI=1S/C12H10Cl2FN3O/c13-7-4-5-11(18-16)17-9(7)6-19-10-3-1-2-8(14)12(10)15/h1-5H,6,16H2,(H,17,18). The lowest BCUT2D eigenvalue weighted by atomic mass is 10.3. The maximum atomic E-state index is 13.6. The van der Waals surface area contributed by atoms with Crippen molar-refractivity contribution < 1.29 is 9.13 Å². The lowest BCUT2D eigenvalue weighted by Crippen LogP contribution is -2.10. The molecule has 0 atom stereocenters. The molecule has 0 aliphatic carbocycles. The van der Waals surface area contributed by atoms with Crippen molar-refractivity contribution in [3.8, 4) is 5.75 Å². The van der Waals surface area contributed by atoms with Crippen molar-refractivity contribution in [3.63, 3.8) is 0 Å². The normalized spacial score (nSPS) is 10.3. The molecule has 0 radical (unpaired) electrons. The molecular weight excluding hydrogens is 292 g/mol. The Morgan fingerprint density at radius 1 is 1.21 bits per heavy atom. The average Bonchev–Trinajstić information content (AvgIpc) is 2.42. The number of pyridine rings is 1. The summed E-state index contributed by atoms with van der Waals surface area (Å²) in [5.74, 6) is 5.11. The molecule has 0 aliphatic heterocycles. The maximum absolute atomic E-state index is 13.6. The van der Waals surface area contributed by atoms with E-state index in [-0.39, 0.29) is 17.4 Å². The van der Waals surface area contributed by atoms with Crippen LogP contribution in [-0.2, 0) is 6.61 Å². The number of anilines is 1. The molecule has 4 nitrogen and oxygen atoms in total. The van der Waals surface area contributed by atoms with E-state index in [1.54, 1.807) is 18.2 Å². The monoisotopic (exact) mass is 301 g/mol. The summed E-state index contributed by atoms with van der Waals surface area (Å²) in [6, 6.07) is 7.74. The molecule has 0 saturated carbocycles. The summed E-state index contributed by atoms with van der Waals surface area (Å²) >= 11 is 11.6. The number of hydrogen-bond donors (Lipinski definition) is 2. The molecule has 0 bridgehead atoms. The van der Waals surface area contributed by atoms with Crippen molar-refractivity contribution in [3.05, 3.63) is 51.9 Å². The number of benzene rings is 1. The van der Waals surface area contributed by atoms with E-state index in [9.17, 15) is 4.39 Å². The minimum absolute atomic E-state index is 0.00557. The molecule has 0 amide bonds. The molecule has 0 spiro atoms. The van der Waals surface area contributed by atoms with Gasteiger partial charge in [0, 0.05) is 0 Å². The molecule has 1 aromatic carbocycles. The van der Waals surface area contributed by atoms with Crippen LogP contribution in [-0.4, -0.2) is 4.98 Å². The number of ether oxygens (including phenoxy) is 1. The van der Waals surface area contributed by atoms with Crippen LogP contribution in [0.1, 0.15) is 5.69 Å². The number of rotatable bonds is 4. The first-order valence-corrected chi connectivity index (χ1v) is 6.06. The third kappa shape index (κ3) is 3.26. The Morgan fingerprint density at radius 2 is 2.00 bits per heavy atom. The number of nitrogens with one attached hydrogen (secondary N) is 1. The van der Waals surface area contributed by atoms with Crippen molar-refractivity contribution in [2.45, 2.75) is 6.61 Å². The lowest BCUT2D eigenvalue weighted by molar-refractivity contribution is 0.286. The number of nitrogens with two attached hydrogens (primary N) is 1. The zero-order valence-corrected chi connectivity index (χ0v) is 11.2. The highest BCUT2D eigenvalue weighted by molar-refractivity contribution is 6.31. The summed E-state index contributed by atoms with van der Waals surface area (Å²) < 4.78 is 18.9. The van der Waals surface area contributed by atoms with Gasteiger partial charge in [0.1, 0.15) is 12.4 Å². The lowest BCUT2D eigenvalue weighted by Gasteiger charge is -2.09. The van der Waals surface area contributed by atoms with Crippen LogP contribution in [0.4, 0.5) is 10.2 Å². The van der Waals surface area contributed by atoms with E-state index in [1.807, 2.05) is 0 Å². The molecule has 2 aromatic rings. The highest BCUT2D eigenvalue weighted by atomic mass is 35.5. The van der Waals surface area contributed by atoms with Gasteiger partial charge in [0.25, 0.3) is 0 Å². The zero-order valence-electron chi connectivity index (χ0n) is 9.66. The predicted molar refractivity (Wildman–Crippen MR) is 72.8 cm³/mol. The topological polar surface area (TPSA) is 60.2 Å². The van der Waals surface area contributed by atoms with Gasteiger partial charge in [-0.3, -0.25) is 0 Å². The van der Waals surface area contributed by atoms with E-state index in [4.69, 9.17) is 33.8 Å². The Kier molecular flexibility index (Phi) is 4.42. The van der Waals surface area contributed by atoms with Crippen LogP contribution in [0.15, 0.2) is 30.3 Å². The summed E-state index contributed by atoms with van der Waals surface area (Å²) in [6.45, 7) is 0.00557. The minimum Gasteiger partial charge on any atom is -0.484 e. The van der Waals surface area contributed by atoms with E-state index in [1.165, 1.54) is 12.1 Å². The average molecular weight is 302 g/mol. The molecule has 19 heavy (non-hydrogen) atoms. The van der Waals surface area contributed by atoms with Gasteiger partial charge in [-0.2, -0.15) is 0 Å². The molecule has 0 aliphatic rings. The first-order valence-electron chi connectivity index (χ1n) is 5.30. The number of nitrogen functional groups attached to an aromatic ring is 1. The van der Waals surface area contributed by atoms with Crippen LogP contribution < -0.4 is 16.0 Å². The molecule has 7 heteroatoms. The highest BCUT2D eigenvalue weighted by Crippen LogP contribution is 2.25. The van der Waals surface area contributed by atoms with Gasteiger partial charge >= 0.3 is 0 Å². The Morgan fingerprint density at radius 3 is 2.74 bits per heavy atom. The first-order chi connectivity index (χ1) is 9.11.